The molecule has 2 heterocycles. The maximum Gasteiger partial charge on any atom is 0.268 e. The number of para-hydroxylation sites is 1. The molecule has 0 aliphatic heterocycles. The number of benzene rings is 1. The molecule has 0 aliphatic carbocycles. The molecule has 0 saturated heterocycles. The van der Waals surface area contributed by atoms with Crippen molar-refractivity contribution in [2.75, 3.05) is 5.73 Å². The number of anilines is 1. The van der Waals surface area contributed by atoms with Gasteiger partial charge in [0.05, 0.1) is 17.7 Å². The van der Waals surface area contributed by atoms with E-state index >= 15 is 0 Å². The van der Waals surface area contributed by atoms with Crippen molar-refractivity contribution in [1.29, 1.82) is 0 Å². The van der Waals surface area contributed by atoms with Crippen molar-refractivity contribution in [1.82, 2.24) is 19.9 Å². The first-order valence-electron chi connectivity index (χ1n) is 6.27. The Balaban J connectivity index is 1.79. The van der Waals surface area contributed by atoms with Gasteiger partial charge in [-0.2, -0.15) is 0 Å². The Morgan fingerprint density at radius 1 is 1.50 bits per heavy atom. The topological polar surface area (TPSA) is 88.7 Å². The fourth-order valence-corrected chi connectivity index (χ4v) is 2.12. The molecule has 0 spiro atoms. The molecule has 0 radical (unpaired) electrons. The van der Waals surface area contributed by atoms with Crippen molar-refractivity contribution in [3.05, 3.63) is 48.2 Å². The molecule has 3 rings (SSSR count). The minimum absolute atomic E-state index is 0.177. The van der Waals surface area contributed by atoms with Crippen LogP contribution in [0.2, 0.25) is 0 Å². The number of nitrogens with two attached hydrogens (primary N) is 1. The highest BCUT2D eigenvalue weighted by molar-refractivity contribution is 6.00. The summed E-state index contributed by atoms with van der Waals surface area (Å²) in [7, 11) is 1.89. The average Bonchev–Trinajstić information content (AvgIpc) is 3.03. The Kier molecular flexibility index (Phi) is 2.90. The minimum Gasteiger partial charge on any atom is -0.397 e. The van der Waals surface area contributed by atoms with Crippen LogP contribution in [0.5, 0.6) is 0 Å². The van der Waals surface area contributed by atoms with E-state index < -0.39 is 0 Å². The van der Waals surface area contributed by atoms with Crippen LogP contribution in [0.3, 0.4) is 0 Å². The minimum atomic E-state index is -0.177. The lowest BCUT2D eigenvalue weighted by molar-refractivity contribution is 0.0945. The average molecular weight is 269 g/mol. The third-order valence-corrected chi connectivity index (χ3v) is 3.26. The largest absolute Gasteiger partial charge is 0.397 e. The Bertz CT molecular complexity index is 771. The third-order valence-electron chi connectivity index (χ3n) is 3.26. The standard InChI is InChI=1S/C14H15N5O/c1-19-6-5-16-12(19)8-17-14(20)11-7-9-3-2-4-10(15)13(9)18-11/h2-7,18H,8,15H2,1H3,(H,17,20). The first-order chi connectivity index (χ1) is 9.65. The Morgan fingerprint density at radius 3 is 3.05 bits per heavy atom. The Hall–Kier alpha value is -2.76. The van der Waals surface area contributed by atoms with Crippen LogP contribution >= 0.6 is 0 Å². The smallest absolute Gasteiger partial charge is 0.268 e. The van der Waals surface area contributed by atoms with E-state index in [-0.39, 0.29) is 5.91 Å². The van der Waals surface area contributed by atoms with Gasteiger partial charge in [-0.1, -0.05) is 12.1 Å². The summed E-state index contributed by atoms with van der Waals surface area (Å²) in [5, 5.41) is 3.75. The summed E-state index contributed by atoms with van der Waals surface area (Å²) >= 11 is 0. The maximum atomic E-state index is 12.1. The Morgan fingerprint density at radius 2 is 2.35 bits per heavy atom. The monoisotopic (exact) mass is 269 g/mol. The molecule has 2 aromatic heterocycles. The number of nitrogens with zero attached hydrogens (tertiary/aromatic N) is 2. The number of hydrogen-bond acceptors (Lipinski definition) is 3. The van der Waals surface area contributed by atoms with Gasteiger partial charge >= 0.3 is 0 Å². The molecule has 0 unspecified atom stereocenters. The summed E-state index contributed by atoms with van der Waals surface area (Å²) in [4.78, 5) is 19.3. The zero-order valence-electron chi connectivity index (χ0n) is 11.1. The van der Waals surface area contributed by atoms with Crippen molar-refractivity contribution in [2.24, 2.45) is 7.05 Å². The molecule has 102 valence electrons. The van der Waals surface area contributed by atoms with Gasteiger partial charge < -0.3 is 20.6 Å². The van der Waals surface area contributed by atoms with E-state index in [0.717, 1.165) is 16.7 Å². The first-order valence-corrected chi connectivity index (χ1v) is 6.27. The summed E-state index contributed by atoms with van der Waals surface area (Å²) in [6.07, 6.45) is 3.54. The van der Waals surface area contributed by atoms with Crippen molar-refractivity contribution in [3.8, 4) is 0 Å². The molecule has 1 aromatic carbocycles. The molecule has 0 atom stereocenters. The number of amides is 1. The number of nitrogen functional groups attached to an aromatic ring is 1. The molecule has 0 aliphatic rings. The predicted molar refractivity (Wildman–Crippen MR) is 77.1 cm³/mol. The second-order valence-corrected chi connectivity index (χ2v) is 4.63. The zero-order chi connectivity index (χ0) is 14.1. The van der Waals surface area contributed by atoms with Gasteiger partial charge in [-0.3, -0.25) is 4.79 Å². The molecule has 0 fully saturated rings. The van der Waals surface area contributed by atoms with E-state index in [2.05, 4.69) is 15.3 Å². The second-order valence-electron chi connectivity index (χ2n) is 4.63. The number of fused-ring (bicyclic) bond motifs is 1. The highest BCUT2D eigenvalue weighted by atomic mass is 16.1. The number of carbonyl (C=O) groups is 1. The molecule has 6 nitrogen and oxygen atoms in total. The van der Waals surface area contributed by atoms with Gasteiger partial charge in [0.15, 0.2) is 0 Å². The van der Waals surface area contributed by atoms with E-state index in [1.807, 2.05) is 29.9 Å². The third kappa shape index (κ3) is 2.11. The molecule has 6 heteroatoms. The van der Waals surface area contributed by atoms with Crippen LogP contribution in [-0.2, 0) is 13.6 Å². The highest BCUT2D eigenvalue weighted by Gasteiger charge is 2.11. The summed E-state index contributed by atoms with van der Waals surface area (Å²) < 4.78 is 1.86. The van der Waals surface area contributed by atoms with Crippen LogP contribution in [0.4, 0.5) is 5.69 Å². The molecule has 3 aromatic rings. The summed E-state index contributed by atoms with van der Waals surface area (Å²) in [5.74, 6) is 0.623. The number of rotatable bonds is 3. The van der Waals surface area contributed by atoms with E-state index in [9.17, 15) is 4.79 Å². The lowest BCUT2D eigenvalue weighted by Gasteiger charge is -2.03. The van der Waals surface area contributed by atoms with E-state index in [4.69, 9.17) is 5.73 Å². The number of carbonyl (C=O) groups excluding carboxylic acids is 1. The van der Waals surface area contributed by atoms with Gasteiger partial charge in [0.2, 0.25) is 0 Å². The van der Waals surface area contributed by atoms with Crippen LogP contribution in [0.25, 0.3) is 10.9 Å². The lowest BCUT2D eigenvalue weighted by atomic mass is 10.2. The Labute approximate surface area is 115 Å². The first kappa shape index (κ1) is 12.3. The summed E-state index contributed by atoms with van der Waals surface area (Å²) in [5.41, 5.74) is 7.77. The van der Waals surface area contributed by atoms with Crippen molar-refractivity contribution in [3.63, 3.8) is 0 Å². The predicted octanol–water partition coefficient (Wildman–Crippen LogP) is 1.41. The molecule has 0 saturated carbocycles. The SMILES string of the molecule is Cn1ccnc1CNC(=O)c1cc2cccc(N)c2[nH]1. The molecule has 1 amide bonds. The summed E-state index contributed by atoms with van der Waals surface area (Å²) in [6.45, 7) is 0.382. The number of imidazole rings is 1. The van der Waals surface area contributed by atoms with Gasteiger partial charge in [-0.25, -0.2) is 4.98 Å². The molecule has 4 N–H and O–H groups in total. The molecule has 0 bridgehead atoms. The quantitative estimate of drug-likeness (QED) is 0.628. The zero-order valence-corrected chi connectivity index (χ0v) is 11.1. The molecular weight excluding hydrogens is 254 g/mol. The van der Waals surface area contributed by atoms with Gasteiger partial charge in [0.1, 0.15) is 11.5 Å². The fourth-order valence-electron chi connectivity index (χ4n) is 2.12. The highest BCUT2D eigenvalue weighted by Crippen LogP contribution is 2.20. The molecular formula is C14H15N5O. The number of nitrogens with one attached hydrogen (secondary N) is 2. The van der Waals surface area contributed by atoms with Crippen LogP contribution in [0.15, 0.2) is 36.7 Å². The number of hydrogen-bond donors (Lipinski definition) is 3. The van der Waals surface area contributed by atoms with Crippen LogP contribution in [-0.4, -0.2) is 20.4 Å². The fraction of sp³-hybridized carbons (Fsp3) is 0.143. The summed E-state index contributed by atoms with van der Waals surface area (Å²) in [6, 6.07) is 7.37. The maximum absolute atomic E-state index is 12.1. The van der Waals surface area contributed by atoms with Crippen LogP contribution < -0.4 is 11.1 Å². The van der Waals surface area contributed by atoms with Gasteiger partial charge in [0.25, 0.3) is 5.91 Å². The normalized spacial score (nSPS) is 10.8. The second kappa shape index (κ2) is 4.73. The van der Waals surface area contributed by atoms with Crippen molar-refractivity contribution < 1.29 is 4.79 Å². The van der Waals surface area contributed by atoms with Gasteiger partial charge in [0, 0.05) is 24.8 Å². The number of aryl methyl sites for hydroxylation is 1. The van der Waals surface area contributed by atoms with Crippen LogP contribution in [0, 0.1) is 0 Å². The van der Waals surface area contributed by atoms with Gasteiger partial charge in [-0.15, -0.1) is 0 Å². The van der Waals surface area contributed by atoms with Crippen molar-refractivity contribution in [2.45, 2.75) is 6.54 Å². The van der Waals surface area contributed by atoms with E-state index in [1.54, 1.807) is 18.3 Å². The molecule has 20 heavy (non-hydrogen) atoms. The number of aromatic amines is 1. The number of H-pyrrole nitrogens is 1. The van der Waals surface area contributed by atoms with Crippen molar-refractivity contribution >= 4 is 22.5 Å². The van der Waals surface area contributed by atoms with Crippen LogP contribution in [0.1, 0.15) is 16.3 Å². The lowest BCUT2D eigenvalue weighted by Crippen LogP contribution is -2.24. The number of aromatic nitrogens is 3. The van der Waals surface area contributed by atoms with E-state index in [1.165, 1.54) is 0 Å². The van der Waals surface area contributed by atoms with E-state index in [0.29, 0.717) is 17.9 Å². The van der Waals surface area contributed by atoms with Gasteiger partial charge in [-0.05, 0) is 12.1 Å².